The van der Waals surface area contributed by atoms with E-state index in [2.05, 4.69) is 9.98 Å². The Morgan fingerprint density at radius 2 is 1.70 bits per heavy atom. The lowest BCUT2D eigenvalue weighted by Crippen LogP contribution is -2.51. The molecule has 0 bridgehead atoms. The van der Waals surface area contributed by atoms with Crippen molar-refractivity contribution in [2.24, 2.45) is 4.99 Å². The zero-order valence-electron chi connectivity index (χ0n) is 16.8. The fraction of sp³-hybridized carbons (Fsp3) is 0.364. The van der Waals surface area contributed by atoms with Gasteiger partial charge in [0.1, 0.15) is 11.4 Å². The van der Waals surface area contributed by atoms with Gasteiger partial charge in [-0.15, -0.1) is 0 Å². The van der Waals surface area contributed by atoms with E-state index in [0.717, 1.165) is 0 Å². The van der Waals surface area contributed by atoms with Gasteiger partial charge in [-0.3, -0.25) is 9.78 Å². The Hall–Kier alpha value is -3.42. The molecule has 1 saturated heterocycles. The van der Waals surface area contributed by atoms with Crippen LogP contribution >= 0.6 is 0 Å². The van der Waals surface area contributed by atoms with E-state index in [1.807, 2.05) is 23.1 Å². The summed E-state index contributed by atoms with van der Waals surface area (Å²) in [7, 11) is 1.59. The van der Waals surface area contributed by atoms with Crippen LogP contribution < -0.4 is 4.74 Å². The Morgan fingerprint density at radius 3 is 2.23 bits per heavy atom. The first-order valence-corrected chi connectivity index (χ1v) is 9.95. The number of nitrogens with zero attached hydrogens (tertiary/aromatic N) is 4. The number of methoxy groups -OCH3 is 1. The van der Waals surface area contributed by atoms with Crippen LogP contribution in [0.4, 0.5) is 0 Å². The highest BCUT2D eigenvalue weighted by atomic mass is 16.5. The molecule has 156 valence electrons. The number of hydrogen-bond donors (Lipinski definition) is 1. The average Bonchev–Trinajstić information content (AvgIpc) is 3.59. The molecule has 0 spiro atoms. The number of pyridine rings is 1. The highest BCUT2D eigenvalue weighted by Gasteiger charge is 2.51. The summed E-state index contributed by atoms with van der Waals surface area (Å²) in [4.78, 5) is 37.3. The van der Waals surface area contributed by atoms with Gasteiger partial charge in [0, 0.05) is 37.9 Å². The van der Waals surface area contributed by atoms with Gasteiger partial charge in [-0.25, -0.2) is 9.79 Å². The zero-order chi connectivity index (χ0) is 21.1. The summed E-state index contributed by atoms with van der Waals surface area (Å²) in [6.07, 6.45) is 2.75. The summed E-state index contributed by atoms with van der Waals surface area (Å²) in [5, 5.41) is 9.57. The van der Waals surface area contributed by atoms with Crippen molar-refractivity contribution in [3.8, 4) is 5.75 Å². The molecular formula is C22H24N4O4. The molecule has 4 rings (SSSR count). The third kappa shape index (κ3) is 3.98. The Bertz CT molecular complexity index is 947. The van der Waals surface area contributed by atoms with Crippen LogP contribution in [0.2, 0.25) is 0 Å². The molecule has 0 radical (unpaired) electrons. The molecule has 0 unspecified atom stereocenters. The molecule has 2 aromatic rings. The highest BCUT2D eigenvalue weighted by molar-refractivity contribution is 6.00. The maximum absolute atomic E-state index is 12.8. The molecule has 8 heteroatoms. The van der Waals surface area contributed by atoms with E-state index < -0.39 is 11.5 Å². The number of aliphatic imine (C=N–C) groups is 1. The number of rotatable bonds is 5. The second-order valence-corrected chi connectivity index (χ2v) is 7.49. The summed E-state index contributed by atoms with van der Waals surface area (Å²) in [6.45, 7) is 2.17. The number of carbonyl (C=O) groups excluding carboxylic acids is 1. The quantitative estimate of drug-likeness (QED) is 0.600. The monoisotopic (exact) mass is 408 g/mol. The van der Waals surface area contributed by atoms with Crippen LogP contribution in [-0.2, 0) is 4.79 Å². The van der Waals surface area contributed by atoms with Gasteiger partial charge in [0.15, 0.2) is 11.4 Å². The lowest BCUT2D eigenvalue weighted by molar-refractivity contribution is -0.139. The van der Waals surface area contributed by atoms with E-state index in [-0.39, 0.29) is 5.91 Å². The molecular weight excluding hydrogens is 384 g/mol. The minimum atomic E-state index is -1.04. The first-order chi connectivity index (χ1) is 14.5. The minimum absolute atomic E-state index is 0.0298. The van der Waals surface area contributed by atoms with Crippen LogP contribution in [0, 0.1) is 0 Å². The molecule has 8 nitrogen and oxygen atoms in total. The molecule has 1 saturated carbocycles. The number of piperazine rings is 1. The zero-order valence-corrected chi connectivity index (χ0v) is 16.8. The van der Waals surface area contributed by atoms with E-state index in [1.54, 1.807) is 42.5 Å². The van der Waals surface area contributed by atoms with E-state index >= 15 is 0 Å². The number of benzene rings is 1. The van der Waals surface area contributed by atoms with Crippen molar-refractivity contribution in [3.05, 3.63) is 59.9 Å². The summed E-state index contributed by atoms with van der Waals surface area (Å²) in [5.41, 5.74) is 0.230. The van der Waals surface area contributed by atoms with Crippen molar-refractivity contribution in [1.82, 2.24) is 14.8 Å². The number of aliphatic carboxylic acids is 1. The van der Waals surface area contributed by atoms with Gasteiger partial charge in [-0.2, -0.15) is 0 Å². The van der Waals surface area contributed by atoms with Crippen LogP contribution in [0.1, 0.15) is 28.9 Å². The van der Waals surface area contributed by atoms with Crippen molar-refractivity contribution in [2.45, 2.75) is 18.4 Å². The van der Waals surface area contributed by atoms with Crippen LogP contribution in [-0.4, -0.2) is 76.4 Å². The lowest BCUT2D eigenvalue weighted by Gasteiger charge is -2.36. The molecule has 2 aliphatic rings. The standard InChI is InChI=1S/C22H24N4O4/c1-30-17-7-5-16(6-8-17)20(27)26-14-12-25(13-15-26)19(18-4-2-3-11-23-18)24-22(9-10-22)21(28)29/h2-8,11H,9-10,12-15H2,1H3,(H,28,29). The van der Waals surface area contributed by atoms with Crippen LogP contribution in [0.15, 0.2) is 53.7 Å². The SMILES string of the molecule is COc1ccc(C(=O)N2CCN(C(=NC3(C(=O)O)CC3)c3ccccn3)CC2)cc1. The second-order valence-electron chi connectivity index (χ2n) is 7.49. The molecule has 2 heterocycles. The Morgan fingerprint density at radius 1 is 1.03 bits per heavy atom. The van der Waals surface area contributed by atoms with Gasteiger partial charge in [-0.05, 0) is 49.2 Å². The summed E-state index contributed by atoms with van der Waals surface area (Å²) >= 11 is 0. The third-order valence-corrected chi connectivity index (χ3v) is 5.54. The minimum Gasteiger partial charge on any atom is -0.497 e. The molecule has 1 amide bonds. The van der Waals surface area contributed by atoms with Crippen molar-refractivity contribution in [1.29, 1.82) is 0 Å². The number of carboxylic acids is 1. The molecule has 1 aromatic heterocycles. The fourth-order valence-corrected chi connectivity index (χ4v) is 3.52. The molecule has 30 heavy (non-hydrogen) atoms. The van der Waals surface area contributed by atoms with Gasteiger partial charge in [0.05, 0.1) is 7.11 Å². The van der Waals surface area contributed by atoms with Crippen LogP contribution in [0.5, 0.6) is 5.75 Å². The summed E-state index contributed by atoms with van der Waals surface area (Å²) < 4.78 is 5.15. The van der Waals surface area contributed by atoms with Crippen molar-refractivity contribution < 1.29 is 19.4 Å². The number of hydrogen-bond acceptors (Lipinski definition) is 5. The van der Waals surface area contributed by atoms with Gasteiger partial charge < -0.3 is 19.6 Å². The number of amidine groups is 1. The van der Waals surface area contributed by atoms with Gasteiger partial charge in [0.2, 0.25) is 0 Å². The van der Waals surface area contributed by atoms with E-state index in [9.17, 15) is 14.7 Å². The molecule has 1 N–H and O–H groups in total. The van der Waals surface area contributed by atoms with E-state index in [1.165, 1.54) is 0 Å². The topological polar surface area (TPSA) is 95.3 Å². The normalized spacial score (nSPS) is 18.1. The van der Waals surface area contributed by atoms with Crippen molar-refractivity contribution in [3.63, 3.8) is 0 Å². The predicted molar refractivity (Wildman–Crippen MR) is 111 cm³/mol. The molecule has 1 aromatic carbocycles. The Kier molecular flexibility index (Phi) is 5.39. The number of carbonyl (C=O) groups is 2. The smallest absolute Gasteiger partial charge is 0.331 e. The average molecular weight is 408 g/mol. The van der Waals surface area contributed by atoms with Crippen molar-refractivity contribution >= 4 is 17.7 Å². The second kappa shape index (κ2) is 8.14. The maximum atomic E-state index is 12.8. The first kappa shape index (κ1) is 19.9. The lowest BCUT2D eigenvalue weighted by atomic mass is 10.1. The van der Waals surface area contributed by atoms with Gasteiger partial charge in [0.25, 0.3) is 5.91 Å². The molecule has 1 aliphatic carbocycles. The molecule has 2 fully saturated rings. The summed E-state index contributed by atoms with van der Waals surface area (Å²) in [5.74, 6) is 0.370. The largest absolute Gasteiger partial charge is 0.497 e. The number of aromatic nitrogens is 1. The maximum Gasteiger partial charge on any atom is 0.331 e. The number of ether oxygens (including phenoxy) is 1. The van der Waals surface area contributed by atoms with E-state index in [0.29, 0.717) is 61.9 Å². The highest BCUT2D eigenvalue weighted by Crippen LogP contribution is 2.40. The van der Waals surface area contributed by atoms with E-state index in [4.69, 9.17) is 4.74 Å². The van der Waals surface area contributed by atoms with Crippen molar-refractivity contribution in [2.75, 3.05) is 33.3 Å². The Labute approximate surface area is 174 Å². The van der Waals surface area contributed by atoms with Gasteiger partial charge in [-0.1, -0.05) is 6.07 Å². The van der Waals surface area contributed by atoms with Crippen LogP contribution in [0.25, 0.3) is 0 Å². The first-order valence-electron chi connectivity index (χ1n) is 9.95. The van der Waals surface area contributed by atoms with Crippen LogP contribution in [0.3, 0.4) is 0 Å². The number of carboxylic acid groups (broad SMARTS) is 1. The Balaban J connectivity index is 1.49. The predicted octanol–water partition coefficient (Wildman–Crippen LogP) is 1.91. The summed E-state index contributed by atoms with van der Waals surface area (Å²) in [6, 6.07) is 12.6. The third-order valence-electron chi connectivity index (χ3n) is 5.54. The number of amides is 1. The van der Waals surface area contributed by atoms with Gasteiger partial charge >= 0.3 is 5.97 Å². The fourth-order valence-electron chi connectivity index (χ4n) is 3.52. The molecule has 0 atom stereocenters. The molecule has 1 aliphatic heterocycles.